The number of halogens is 1. The average Bonchev–Trinajstić information content (AvgIpc) is 3.28. The molecule has 1 saturated heterocycles. The van der Waals surface area contributed by atoms with E-state index in [1.807, 2.05) is 48.2 Å². The summed E-state index contributed by atoms with van der Waals surface area (Å²) in [7, 11) is 1.68. The number of Topliss-reactive ketones (excluding diaryl/α,β-unsaturated/α-hetero) is 1. The highest BCUT2D eigenvalue weighted by Gasteiger charge is 2.25. The SMILES string of the molecule is [2H]c1c([2H])c(N2CCN(c3ncc(F)cn3)CC2)c([2H])c([2H])c1NC(=O)C(=O)c1c(-c2ccccc2)cc(C)n1C. The Balaban J connectivity index is 1.38. The van der Waals surface area contributed by atoms with Crippen LogP contribution in [0.25, 0.3) is 11.1 Å². The zero-order chi connectivity index (χ0) is 29.4. The standard InChI is InChI=1S/C28H27FN6O2/c1-19-16-24(20-6-4-3-5-7-20)25(33(19)2)26(36)27(37)32-22-8-10-23(11-9-22)34-12-14-35(15-13-34)28-30-17-21(29)18-31-28/h3-11,16-18H,12-15H2,1-2H3,(H,32,37)/i8D,9D,10D,11D. The topological polar surface area (TPSA) is 83.4 Å². The maximum atomic E-state index is 13.4. The van der Waals surface area contributed by atoms with Gasteiger partial charge in [-0.05, 0) is 42.7 Å². The van der Waals surface area contributed by atoms with E-state index in [-0.39, 0.29) is 29.2 Å². The van der Waals surface area contributed by atoms with Crippen LogP contribution in [0.4, 0.5) is 21.7 Å². The van der Waals surface area contributed by atoms with Crippen molar-refractivity contribution in [1.29, 1.82) is 0 Å². The second-order valence-electron chi connectivity index (χ2n) is 8.66. The van der Waals surface area contributed by atoms with Crippen molar-refractivity contribution < 1.29 is 19.5 Å². The summed E-state index contributed by atoms with van der Waals surface area (Å²) in [5.74, 6) is -2.11. The Bertz CT molecular complexity index is 1610. The minimum atomic E-state index is -1.06. The third-order valence-corrected chi connectivity index (χ3v) is 6.31. The second kappa shape index (κ2) is 10.2. The second-order valence-corrected chi connectivity index (χ2v) is 8.66. The molecule has 0 atom stereocenters. The first kappa shape index (κ1) is 19.6. The molecule has 37 heavy (non-hydrogen) atoms. The molecule has 8 nitrogen and oxygen atoms in total. The van der Waals surface area contributed by atoms with Crippen LogP contribution in [0.1, 0.15) is 21.7 Å². The Morgan fingerprint density at radius 1 is 0.973 bits per heavy atom. The molecule has 188 valence electrons. The number of anilines is 3. The lowest BCUT2D eigenvalue weighted by atomic mass is 10.0. The molecule has 0 radical (unpaired) electrons. The monoisotopic (exact) mass is 502 g/mol. The van der Waals surface area contributed by atoms with E-state index in [1.165, 1.54) is 0 Å². The molecule has 0 unspecified atom stereocenters. The molecule has 2 aromatic carbocycles. The van der Waals surface area contributed by atoms with E-state index in [1.54, 1.807) is 16.5 Å². The summed E-state index contributed by atoms with van der Waals surface area (Å²) in [5.41, 5.74) is 1.97. The van der Waals surface area contributed by atoms with Gasteiger partial charge in [-0.3, -0.25) is 9.59 Å². The van der Waals surface area contributed by atoms with Gasteiger partial charge in [-0.15, -0.1) is 0 Å². The van der Waals surface area contributed by atoms with E-state index in [0.717, 1.165) is 23.7 Å². The van der Waals surface area contributed by atoms with Crippen LogP contribution in [0.15, 0.2) is 73.0 Å². The molecule has 0 aliphatic carbocycles. The van der Waals surface area contributed by atoms with Gasteiger partial charge in [0, 0.05) is 55.9 Å². The van der Waals surface area contributed by atoms with Gasteiger partial charge >= 0.3 is 0 Å². The van der Waals surface area contributed by atoms with Gasteiger partial charge in [0.1, 0.15) is 5.69 Å². The number of ketones is 1. The third kappa shape index (κ3) is 5.06. The molecular weight excluding hydrogens is 471 g/mol. The quantitative estimate of drug-likeness (QED) is 0.316. The van der Waals surface area contributed by atoms with Gasteiger partial charge in [-0.25, -0.2) is 14.4 Å². The molecule has 1 aliphatic rings. The van der Waals surface area contributed by atoms with Crippen LogP contribution in [-0.2, 0) is 11.8 Å². The van der Waals surface area contributed by atoms with E-state index < -0.39 is 29.6 Å². The number of rotatable bonds is 6. The van der Waals surface area contributed by atoms with Crippen LogP contribution >= 0.6 is 0 Å². The zero-order valence-corrected chi connectivity index (χ0v) is 20.4. The van der Waals surface area contributed by atoms with Crippen molar-refractivity contribution >= 4 is 29.0 Å². The van der Waals surface area contributed by atoms with E-state index in [4.69, 9.17) is 5.48 Å². The third-order valence-electron chi connectivity index (χ3n) is 6.31. The predicted molar refractivity (Wildman–Crippen MR) is 141 cm³/mol. The van der Waals surface area contributed by atoms with Gasteiger partial charge in [0.15, 0.2) is 5.82 Å². The highest BCUT2D eigenvalue weighted by molar-refractivity contribution is 6.47. The van der Waals surface area contributed by atoms with Crippen molar-refractivity contribution in [2.75, 3.05) is 41.3 Å². The number of benzene rings is 2. The summed E-state index contributed by atoms with van der Waals surface area (Å²) in [4.78, 5) is 38.0. The molecule has 9 heteroatoms. The lowest BCUT2D eigenvalue weighted by molar-refractivity contribution is -0.112. The molecule has 0 bridgehead atoms. The summed E-state index contributed by atoms with van der Waals surface area (Å²) in [6, 6.07) is 9.38. The van der Waals surface area contributed by atoms with Gasteiger partial charge in [0.2, 0.25) is 5.95 Å². The molecule has 0 saturated carbocycles. The van der Waals surface area contributed by atoms with Crippen molar-refractivity contribution in [2.45, 2.75) is 6.92 Å². The Labute approximate surface area is 220 Å². The maximum absolute atomic E-state index is 13.4. The van der Waals surface area contributed by atoms with Gasteiger partial charge in [0.25, 0.3) is 11.7 Å². The fourth-order valence-electron chi connectivity index (χ4n) is 4.25. The highest BCUT2D eigenvalue weighted by Crippen LogP contribution is 2.28. The van der Waals surface area contributed by atoms with Crippen molar-refractivity contribution in [1.82, 2.24) is 14.5 Å². The lowest BCUT2D eigenvalue weighted by Gasteiger charge is -2.36. The highest BCUT2D eigenvalue weighted by atomic mass is 19.1. The van der Waals surface area contributed by atoms with Crippen LogP contribution in [0, 0.1) is 12.7 Å². The van der Waals surface area contributed by atoms with Crippen molar-refractivity contribution in [3.63, 3.8) is 0 Å². The van der Waals surface area contributed by atoms with Crippen molar-refractivity contribution in [2.24, 2.45) is 7.05 Å². The van der Waals surface area contributed by atoms with Crippen LogP contribution in [0.5, 0.6) is 0 Å². The Morgan fingerprint density at radius 2 is 1.59 bits per heavy atom. The molecule has 1 amide bonds. The zero-order valence-electron chi connectivity index (χ0n) is 24.4. The molecule has 1 aliphatic heterocycles. The first-order valence-electron chi connectivity index (χ1n) is 13.7. The molecular formula is C28H27FN6O2. The van der Waals surface area contributed by atoms with E-state index in [9.17, 15) is 14.0 Å². The number of aryl methyl sites for hydroxylation is 1. The van der Waals surface area contributed by atoms with Crippen LogP contribution < -0.4 is 15.1 Å². The molecule has 4 aromatic rings. The smallest absolute Gasteiger partial charge is 0.298 e. The van der Waals surface area contributed by atoms with Crippen LogP contribution in [-0.4, -0.2) is 52.4 Å². The number of carbonyl (C=O) groups excluding carboxylic acids is 2. The minimum Gasteiger partial charge on any atom is -0.368 e. The fourth-order valence-corrected chi connectivity index (χ4v) is 4.25. The Morgan fingerprint density at radius 3 is 2.24 bits per heavy atom. The number of nitrogens with one attached hydrogen (secondary N) is 1. The van der Waals surface area contributed by atoms with Crippen LogP contribution in [0.3, 0.4) is 0 Å². The van der Waals surface area contributed by atoms with Gasteiger partial charge in [0.05, 0.1) is 17.9 Å². The summed E-state index contributed by atoms with van der Waals surface area (Å²) in [6.45, 7) is 3.33. The van der Waals surface area contributed by atoms with Gasteiger partial charge in [-0.1, -0.05) is 30.3 Å². The number of nitrogens with zero attached hydrogens (tertiary/aromatic N) is 5. The largest absolute Gasteiger partial charge is 0.368 e. The predicted octanol–water partition coefficient (Wildman–Crippen LogP) is 4.08. The van der Waals surface area contributed by atoms with E-state index >= 15 is 0 Å². The Kier molecular flexibility index (Phi) is 5.42. The molecule has 1 N–H and O–H groups in total. The van der Waals surface area contributed by atoms with Crippen molar-refractivity contribution in [3.8, 4) is 11.1 Å². The van der Waals surface area contributed by atoms with Gasteiger partial charge in [-0.2, -0.15) is 0 Å². The van der Waals surface area contributed by atoms with Crippen LogP contribution in [0.2, 0.25) is 0 Å². The summed E-state index contributed by atoms with van der Waals surface area (Å²) >= 11 is 0. The summed E-state index contributed by atoms with van der Waals surface area (Å²) in [5, 5.41) is 2.35. The first-order chi connectivity index (χ1) is 19.6. The fraction of sp³-hybridized carbons (Fsp3) is 0.214. The first-order valence-corrected chi connectivity index (χ1v) is 11.7. The average molecular weight is 503 g/mol. The normalized spacial score (nSPS) is 15.0. The number of hydrogen-bond acceptors (Lipinski definition) is 6. The Hall–Kier alpha value is -4.53. The number of piperazine rings is 1. The number of amides is 1. The molecule has 0 spiro atoms. The number of hydrogen-bond donors (Lipinski definition) is 1. The van der Waals surface area contributed by atoms with Gasteiger partial charge < -0.3 is 19.7 Å². The van der Waals surface area contributed by atoms with E-state index in [2.05, 4.69) is 15.3 Å². The molecule has 5 rings (SSSR count). The lowest BCUT2D eigenvalue weighted by Crippen LogP contribution is -2.47. The number of carbonyl (C=O) groups is 2. The maximum Gasteiger partial charge on any atom is 0.298 e. The van der Waals surface area contributed by atoms with Crippen molar-refractivity contribution in [3.05, 3.63) is 90.2 Å². The molecule has 3 heterocycles. The molecule has 1 fully saturated rings. The summed E-state index contributed by atoms with van der Waals surface area (Å²) in [6.07, 6.45) is 2.16. The summed E-state index contributed by atoms with van der Waals surface area (Å²) < 4.78 is 49.0. The molecule has 2 aromatic heterocycles. The minimum absolute atomic E-state index is 0.0911. The van der Waals surface area contributed by atoms with E-state index in [0.29, 0.717) is 37.7 Å². The number of aromatic nitrogens is 3.